The second kappa shape index (κ2) is 6.71. The van der Waals surface area contributed by atoms with Crippen molar-refractivity contribution in [1.29, 1.82) is 0 Å². The molecule has 0 radical (unpaired) electrons. The van der Waals surface area contributed by atoms with E-state index in [1.165, 1.54) is 11.1 Å². The first-order valence-corrected chi connectivity index (χ1v) is 9.08. The first kappa shape index (κ1) is 16.5. The van der Waals surface area contributed by atoms with E-state index in [-0.39, 0.29) is 6.10 Å². The Hall–Kier alpha value is -2.01. The maximum atomic E-state index is 6.17. The molecule has 0 saturated carbocycles. The third-order valence-corrected chi connectivity index (χ3v) is 5.36. The lowest BCUT2D eigenvalue weighted by atomic mass is 9.89. The molecule has 2 atom stereocenters. The van der Waals surface area contributed by atoms with Gasteiger partial charge in [-0.1, -0.05) is 13.0 Å². The number of benzene rings is 2. The van der Waals surface area contributed by atoms with Crippen LogP contribution in [0.4, 0.5) is 0 Å². The van der Waals surface area contributed by atoms with Crippen LogP contribution in [0.1, 0.15) is 36.8 Å². The minimum absolute atomic E-state index is 0.171. The molecule has 0 N–H and O–H groups in total. The molecule has 0 spiro atoms. The van der Waals surface area contributed by atoms with Crippen molar-refractivity contribution in [1.82, 2.24) is 0 Å². The van der Waals surface area contributed by atoms with Crippen LogP contribution in [0.25, 0.3) is 0 Å². The third kappa shape index (κ3) is 3.13. The maximum absolute atomic E-state index is 6.17. The first-order chi connectivity index (χ1) is 12.2. The zero-order valence-corrected chi connectivity index (χ0v) is 15.3. The summed E-state index contributed by atoms with van der Waals surface area (Å²) in [5, 5.41) is 0. The molecule has 4 nitrogen and oxygen atoms in total. The van der Waals surface area contributed by atoms with E-state index in [2.05, 4.69) is 31.7 Å². The highest BCUT2D eigenvalue weighted by atomic mass is 32.1. The minimum atomic E-state index is 0.171. The van der Waals surface area contributed by atoms with Crippen LogP contribution >= 0.6 is 12.6 Å². The smallest absolute Gasteiger partial charge is 0.231 e. The second-order valence-corrected chi connectivity index (χ2v) is 7.01. The number of hydrogen-bond acceptors (Lipinski definition) is 5. The standard InChI is InChI=1S/C20H22O4S/c1-3-12(13-4-5-16-18(8-13)23-11-22-16)6-15-7-14-9-19(21-2)20(25)10-17(14)24-15/h4-5,8-10,12,15,25H,3,6-7,11H2,1-2H3/t12-,15+/m1/s1. The highest BCUT2D eigenvalue weighted by Gasteiger charge is 2.28. The monoisotopic (exact) mass is 358 g/mol. The van der Waals surface area contributed by atoms with E-state index in [4.69, 9.17) is 18.9 Å². The molecular weight excluding hydrogens is 336 g/mol. The Kier molecular flexibility index (Phi) is 4.42. The lowest BCUT2D eigenvalue weighted by Crippen LogP contribution is -2.17. The summed E-state index contributed by atoms with van der Waals surface area (Å²) in [6, 6.07) is 10.2. The van der Waals surface area contributed by atoms with Crippen LogP contribution in [0, 0.1) is 0 Å². The summed E-state index contributed by atoms with van der Waals surface area (Å²) in [7, 11) is 1.67. The average Bonchev–Trinajstić information content (AvgIpc) is 3.23. The van der Waals surface area contributed by atoms with Crippen LogP contribution in [0.5, 0.6) is 23.0 Å². The Balaban J connectivity index is 1.49. The van der Waals surface area contributed by atoms with Gasteiger partial charge < -0.3 is 18.9 Å². The fourth-order valence-corrected chi connectivity index (χ4v) is 3.92. The van der Waals surface area contributed by atoms with Crippen molar-refractivity contribution in [3.63, 3.8) is 0 Å². The largest absolute Gasteiger partial charge is 0.496 e. The molecule has 2 aliphatic heterocycles. The number of ether oxygens (including phenoxy) is 4. The van der Waals surface area contributed by atoms with Gasteiger partial charge in [0.05, 0.1) is 7.11 Å². The number of thiol groups is 1. The molecule has 132 valence electrons. The number of methoxy groups -OCH3 is 1. The summed E-state index contributed by atoms with van der Waals surface area (Å²) in [5.74, 6) is 3.82. The molecule has 2 heterocycles. The first-order valence-electron chi connectivity index (χ1n) is 8.64. The zero-order chi connectivity index (χ0) is 17.4. The van der Waals surface area contributed by atoms with Crippen molar-refractivity contribution in [3.8, 4) is 23.0 Å². The van der Waals surface area contributed by atoms with Crippen molar-refractivity contribution in [3.05, 3.63) is 41.5 Å². The molecule has 0 fully saturated rings. The molecule has 4 rings (SSSR count). The molecule has 5 heteroatoms. The molecule has 0 amide bonds. The van der Waals surface area contributed by atoms with Gasteiger partial charge in [0, 0.05) is 16.9 Å². The Bertz CT molecular complexity index is 790. The van der Waals surface area contributed by atoms with E-state index in [1.54, 1.807) is 7.11 Å². The molecule has 0 bridgehead atoms. The van der Waals surface area contributed by atoms with Crippen LogP contribution in [0.2, 0.25) is 0 Å². The average molecular weight is 358 g/mol. The second-order valence-electron chi connectivity index (χ2n) is 6.53. The van der Waals surface area contributed by atoms with Gasteiger partial charge in [0.1, 0.15) is 17.6 Å². The molecular formula is C20H22O4S. The molecule has 2 aliphatic rings. The summed E-state index contributed by atoms with van der Waals surface area (Å²) >= 11 is 4.46. The SMILES string of the molecule is CC[C@H](C[C@H]1Cc2cc(OC)c(S)cc2O1)c1ccc2c(c1)OCO2. The Morgan fingerprint density at radius 1 is 1.16 bits per heavy atom. The van der Waals surface area contributed by atoms with E-state index in [0.29, 0.717) is 12.7 Å². The van der Waals surface area contributed by atoms with E-state index in [0.717, 1.165) is 47.2 Å². The minimum Gasteiger partial charge on any atom is -0.496 e. The van der Waals surface area contributed by atoms with Gasteiger partial charge in [-0.25, -0.2) is 0 Å². The molecule has 0 saturated heterocycles. The summed E-state index contributed by atoms with van der Waals surface area (Å²) in [6.07, 6.45) is 3.09. The van der Waals surface area contributed by atoms with Gasteiger partial charge >= 0.3 is 0 Å². The molecule has 0 aliphatic carbocycles. The lowest BCUT2D eigenvalue weighted by Gasteiger charge is -2.20. The van der Waals surface area contributed by atoms with Gasteiger partial charge in [-0.05, 0) is 48.6 Å². The predicted octanol–water partition coefficient (Wildman–Crippen LogP) is 4.60. The summed E-state index contributed by atoms with van der Waals surface area (Å²) < 4.78 is 22.5. The van der Waals surface area contributed by atoms with Gasteiger partial charge in [-0.15, -0.1) is 12.6 Å². The Morgan fingerprint density at radius 3 is 2.80 bits per heavy atom. The maximum Gasteiger partial charge on any atom is 0.231 e. The van der Waals surface area contributed by atoms with E-state index >= 15 is 0 Å². The van der Waals surface area contributed by atoms with Gasteiger partial charge in [-0.2, -0.15) is 0 Å². The van der Waals surface area contributed by atoms with Crippen LogP contribution in [-0.4, -0.2) is 20.0 Å². The molecule has 0 aromatic heterocycles. The van der Waals surface area contributed by atoms with Crippen molar-refractivity contribution < 1.29 is 18.9 Å². The Morgan fingerprint density at radius 2 is 2.00 bits per heavy atom. The van der Waals surface area contributed by atoms with Gasteiger partial charge in [0.25, 0.3) is 0 Å². The van der Waals surface area contributed by atoms with Crippen LogP contribution in [0.15, 0.2) is 35.2 Å². The predicted molar refractivity (Wildman–Crippen MR) is 98.6 cm³/mol. The summed E-state index contributed by atoms with van der Waals surface area (Å²) in [6.45, 7) is 2.52. The van der Waals surface area contributed by atoms with E-state index < -0.39 is 0 Å². The topological polar surface area (TPSA) is 36.9 Å². The fraction of sp³-hybridized carbons (Fsp3) is 0.400. The fourth-order valence-electron chi connectivity index (χ4n) is 3.64. The van der Waals surface area contributed by atoms with Crippen LogP contribution in [-0.2, 0) is 6.42 Å². The summed E-state index contributed by atoms with van der Waals surface area (Å²) in [5.41, 5.74) is 2.47. The van der Waals surface area contributed by atoms with E-state index in [1.807, 2.05) is 18.2 Å². The molecule has 0 unspecified atom stereocenters. The van der Waals surface area contributed by atoms with Crippen LogP contribution in [0.3, 0.4) is 0 Å². The van der Waals surface area contributed by atoms with Gasteiger partial charge in [-0.3, -0.25) is 0 Å². The van der Waals surface area contributed by atoms with Crippen molar-refractivity contribution in [2.24, 2.45) is 0 Å². The Labute approximate surface area is 153 Å². The summed E-state index contributed by atoms with van der Waals surface area (Å²) in [4.78, 5) is 0.810. The van der Waals surface area contributed by atoms with Crippen molar-refractivity contribution in [2.45, 2.75) is 43.1 Å². The van der Waals surface area contributed by atoms with Gasteiger partial charge in [0.15, 0.2) is 11.5 Å². The lowest BCUT2D eigenvalue weighted by molar-refractivity contribution is 0.174. The number of fused-ring (bicyclic) bond motifs is 2. The quantitative estimate of drug-likeness (QED) is 0.793. The molecule has 2 aromatic carbocycles. The highest BCUT2D eigenvalue weighted by molar-refractivity contribution is 7.80. The third-order valence-electron chi connectivity index (χ3n) is 5.01. The molecule has 2 aromatic rings. The normalized spacial score (nSPS) is 18.6. The zero-order valence-electron chi connectivity index (χ0n) is 14.5. The number of rotatable bonds is 5. The molecule has 25 heavy (non-hydrogen) atoms. The van der Waals surface area contributed by atoms with Crippen molar-refractivity contribution >= 4 is 12.6 Å². The van der Waals surface area contributed by atoms with Gasteiger partial charge in [0.2, 0.25) is 6.79 Å². The van der Waals surface area contributed by atoms with Crippen LogP contribution < -0.4 is 18.9 Å². The highest BCUT2D eigenvalue weighted by Crippen LogP contribution is 2.41. The number of hydrogen-bond donors (Lipinski definition) is 1. The van der Waals surface area contributed by atoms with Crippen molar-refractivity contribution in [2.75, 3.05) is 13.9 Å². The van der Waals surface area contributed by atoms with E-state index in [9.17, 15) is 0 Å².